The molecule has 0 aliphatic heterocycles. The van der Waals surface area contributed by atoms with E-state index in [-0.39, 0.29) is 0 Å². The molecular formula is C13H16BrN3S. The van der Waals surface area contributed by atoms with Gasteiger partial charge in [-0.3, -0.25) is 9.97 Å². The highest BCUT2D eigenvalue weighted by Crippen LogP contribution is 2.21. The van der Waals surface area contributed by atoms with Crippen LogP contribution >= 0.6 is 27.3 Å². The number of hydrogen-bond acceptors (Lipinski definition) is 4. The van der Waals surface area contributed by atoms with Gasteiger partial charge in [-0.15, -0.1) is 11.3 Å². The van der Waals surface area contributed by atoms with Crippen molar-refractivity contribution in [2.45, 2.75) is 25.8 Å². The Hall–Kier alpha value is -0.780. The van der Waals surface area contributed by atoms with Gasteiger partial charge in [0.15, 0.2) is 0 Å². The minimum absolute atomic E-state index is 0.311. The zero-order valence-electron chi connectivity index (χ0n) is 10.3. The maximum Gasteiger partial charge on any atom is 0.0794 e. The highest BCUT2D eigenvalue weighted by molar-refractivity contribution is 9.10. The van der Waals surface area contributed by atoms with Gasteiger partial charge >= 0.3 is 0 Å². The van der Waals surface area contributed by atoms with Gasteiger partial charge in [0, 0.05) is 39.9 Å². The van der Waals surface area contributed by atoms with Crippen LogP contribution in [0.3, 0.4) is 0 Å². The van der Waals surface area contributed by atoms with Crippen LogP contribution < -0.4 is 5.32 Å². The first kappa shape index (κ1) is 13.6. The van der Waals surface area contributed by atoms with E-state index in [9.17, 15) is 0 Å². The van der Waals surface area contributed by atoms with Crippen LogP contribution in [0.4, 0.5) is 0 Å². The molecule has 0 saturated carbocycles. The quantitative estimate of drug-likeness (QED) is 0.882. The van der Waals surface area contributed by atoms with Crippen molar-refractivity contribution < 1.29 is 0 Å². The van der Waals surface area contributed by atoms with Gasteiger partial charge in [0.2, 0.25) is 0 Å². The van der Waals surface area contributed by atoms with E-state index in [1.54, 1.807) is 11.3 Å². The maximum absolute atomic E-state index is 4.43. The summed E-state index contributed by atoms with van der Waals surface area (Å²) in [6, 6.07) is 4.41. The second-order valence-corrected chi connectivity index (χ2v) is 5.92. The minimum Gasteiger partial charge on any atom is -0.309 e. The Labute approximate surface area is 120 Å². The summed E-state index contributed by atoms with van der Waals surface area (Å²) in [7, 11) is 0. The Kier molecular flexibility index (Phi) is 5.28. The second-order valence-electron chi connectivity index (χ2n) is 4.08. The van der Waals surface area contributed by atoms with Gasteiger partial charge < -0.3 is 5.32 Å². The number of nitrogens with zero attached hydrogens (tertiary/aromatic N) is 2. The van der Waals surface area contributed by atoms with E-state index in [4.69, 9.17) is 0 Å². The molecule has 0 aliphatic rings. The summed E-state index contributed by atoms with van der Waals surface area (Å²) in [5.41, 5.74) is 2.98. The van der Waals surface area contributed by atoms with Crippen LogP contribution in [0.1, 0.15) is 30.0 Å². The average Bonchev–Trinajstić information content (AvgIpc) is 2.90. The molecule has 0 spiro atoms. The van der Waals surface area contributed by atoms with Crippen molar-refractivity contribution in [2.24, 2.45) is 0 Å². The summed E-state index contributed by atoms with van der Waals surface area (Å²) in [5, 5.41) is 3.55. The molecular weight excluding hydrogens is 310 g/mol. The first-order valence-corrected chi connectivity index (χ1v) is 7.69. The predicted octanol–water partition coefficient (Wildman–Crippen LogP) is 3.58. The van der Waals surface area contributed by atoms with Gasteiger partial charge in [-0.1, -0.05) is 6.92 Å². The molecule has 0 saturated heterocycles. The van der Waals surface area contributed by atoms with E-state index in [1.807, 2.05) is 24.0 Å². The number of nitrogens with one attached hydrogen (secondary N) is 1. The van der Waals surface area contributed by atoms with E-state index in [0.717, 1.165) is 29.6 Å². The normalized spacial score (nSPS) is 12.6. The molecule has 2 rings (SSSR count). The van der Waals surface area contributed by atoms with E-state index < -0.39 is 0 Å². The molecule has 1 atom stereocenters. The fraction of sp³-hybridized carbons (Fsp3) is 0.385. The van der Waals surface area contributed by atoms with Crippen molar-refractivity contribution in [2.75, 3.05) is 6.54 Å². The highest BCUT2D eigenvalue weighted by atomic mass is 79.9. The van der Waals surface area contributed by atoms with Crippen LogP contribution in [0.5, 0.6) is 0 Å². The van der Waals surface area contributed by atoms with E-state index in [1.165, 1.54) is 4.88 Å². The summed E-state index contributed by atoms with van der Waals surface area (Å²) in [6.45, 7) is 3.19. The summed E-state index contributed by atoms with van der Waals surface area (Å²) in [4.78, 5) is 9.86. The van der Waals surface area contributed by atoms with E-state index in [2.05, 4.69) is 44.2 Å². The first-order chi connectivity index (χ1) is 8.79. The molecule has 2 aromatic heterocycles. The van der Waals surface area contributed by atoms with E-state index in [0.29, 0.717) is 6.04 Å². The topological polar surface area (TPSA) is 37.8 Å². The Morgan fingerprint density at radius 1 is 1.39 bits per heavy atom. The summed E-state index contributed by atoms with van der Waals surface area (Å²) < 4.78 is 1.02. The highest BCUT2D eigenvalue weighted by Gasteiger charge is 2.13. The van der Waals surface area contributed by atoms with Crippen molar-refractivity contribution in [1.29, 1.82) is 0 Å². The van der Waals surface area contributed by atoms with Gasteiger partial charge in [0.25, 0.3) is 0 Å². The average molecular weight is 326 g/mol. The van der Waals surface area contributed by atoms with Crippen molar-refractivity contribution in [1.82, 2.24) is 15.3 Å². The molecule has 0 fully saturated rings. The third kappa shape index (κ3) is 3.86. The van der Waals surface area contributed by atoms with Crippen LogP contribution in [0.2, 0.25) is 0 Å². The van der Waals surface area contributed by atoms with Gasteiger partial charge in [-0.05, 0) is 41.0 Å². The molecule has 0 bridgehead atoms. The smallest absolute Gasteiger partial charge is 0.0794 e. The minimum atomic E-state index is 0.311. The fourth-order valence-corrected chi connectivity index (χ4v) is 2.66. The zero-order valence-corrected chi connectivity index (χ0v) is 12.7. The molecule has 2 heterocycles. The summed E-state index contributed by atoms with van der Waals surface area (Å²) >= 11 is 5.10. The number of rotatable bonds is 6. The van der Waals surface area contributed by atoms with Gasteiger partial charge in [0.1, 0.15) is 0 Å². The maximum atomic E-state index is 4.43. The lowest BCUT2D eigenvalue weighted by Crippen LogP contribution is -2.23. The number of pyridine rings is 1. The third-order valence-electron chi connectivity index (χ3n) is 2.64. The van der Waals surface area contributed by atoms with Crippen LogP contribution in [0.15, 0.2) is 34.5 Å². The number of halogens is 1. The summed E-state index contributed by atoms with van der Waals surface area (Å²) in [5.74, 6) is 0. The third-order valence-corrected chi connectivity index (χ3v) is 4.00. The lowest BCUT2D eigenvalue weighted by atomic mass is 10.1. The van der Waals surface area contributed by atoms with Crippen LogP contribution in [-0.4, -0.2) is 16.5 Å². The van der Waals surface area contributed by atoms with Crippen LogP contribution in [-0.2, 0) is 6.42 Å². The molecule has 1 N–H and O–H groups in total. The van der Waals surface area contributed by atoms with Gasteiger partial charge in [0.05, 0.1) is 5.51 Å². The van der Waals surface area contributed by atoms with Crippen LogP contribution in [0.25, 0.3) is 0 Å². The van der Waals surface area contributed by atoms with E-state index >= 15 is 0 Å². The fourth-order valence-electron chi connectivity index (χ4n) is 1.73. The van der Waals surface area contributed by atoms with Crippen LogP contribution in [0, 0.1) is 0 Å². The lowest BCUT2D eigenvalue weighted by Gasteiger charge is -2.16. The molecule has 18 heavy (non-hydrogen) atoms. The number of hydrogen-bond donors (Lipinski definition) is 1. The number of aromatic nitrogens is 2. The van der Waals surface area contributed by atoms with Gasteiger partial charge in [-0.2, -0.15) is 0 Å². The Morgan fingerprint density at radius 3 is 2.89 bits per heavy atom. The number of thiazole rings is 1. The molecule has 0 radical (unpaired) electrons. The Balaban J connectivity index is 2.07. The first-order valence-electron chi connectivity index (χ1n) is 6.01. The monoisotopic (exact) mass is 325 g/mol. The molecule has 0 amide bonds. The molecule has 2 aromatic rings. The predicted molar refractivity (Wildman–Crippen MR) is 78.8 cm³/mol. The van der Waals surface area contributed by atoms with Crippen molar-refractivity contribution >= 4 is 27.3 Å². The van der Waals surface area contributed by atoms with Crippen molar-refractivity contribution in [3.8, 4) is 0 Å². The molecule has 1 unspecified atom stereocenters. The molecule has 3 nitrogen and oxygen atoms in total. The largest absolute Gasteiger partial charge is 0.309 e. The zero-order chi connectivity index (χ0) is 12.8. The van der Waals surface area contributed by atoms with Gasteiger partial charge in [-0.25, -0.2) is 0 Å². The Bertz CT molecular complexity index is 456. The lowest BCUT2D eigenvalue weighted by molar-refractivity contribution is 0.531. The summed E-state index contributed by atoms with van der Waals surface area (Å²) in [6.07, 6.45) is 5.81. The SMILES string of the molecule is CCCNC(Cc1ccc(Br)cn1)c1cncs1. The molecule has 5 heteroatoms. The molecule has 0 aromatic carbocycles. The Morgan fingerprint density at radius 2 is 2.28 bits per heavy atom. The van der Waals surface area contributed by atoms with Crippen molar-refractivity contribution in [3.05, 3.63) is 45.1 Å². The van der Waals surface area contributed by atoms with Crippen molar-refractivity contribution in [3.63, 3.8) is 0 Å². The second kappa shape index (κ2) is 6.97. The molecule has 96 valence electrons. The molecule has 0 aliphatic carbocycles. The standard InChI is InChI=1S/C13H16BrN3S/c1-2-5-16-12(13-8-15-9-18-13)6-11-4-3-10(14)7-17-11/h3-4,7-9,12,16H,2,5-6H2,1H3.